The topological polar surface area (TPSA) is 97.3 Å². The SMILES string of the molecule is CCC1SC(=O)N(Cc2cccc(NS(C)(=O)=O)c2)N=C1c1ccc(OC)c(OC)c1. The molecule has 166 valence electrons. The van der Waals surface area contributed by atoms with E-state index in [0.29, 0.717) is 17.2 Å². The first kappa shape index (κ1) is 23.0. The molecule has 3 rings (SSSR count). The number of ether oxygens (including phenoxy) is 2. The Morgan fingerprint density at radius 1 is 1.13 bits per heavy atom. The minimum atomic E-state index is -3.39. The van der Waals surface area contributed by atoms with E-state index in [1.165, 1.54) is 16.8 Å². The minimum Gasteiger partial charge on any atom is -0.493 e. The van der Waals surface area contributed by atoms with Crippen LogP contribution in [0.15, 0.2) is 47.6 Å². The number of carbonyl (C=O) groups is 1. The van der Waals surface area contributed by atoms with Crippen molar-refractivity contribution in [3.8, 4) is 11.5 Å². The molecule has 0 aliphatic carbocycles. The van der Waals surface area contributed by atoms with Gasteiger partial charge in [-0.3, -0.25) is 9.52 Å². The van der Waals surface area contributed by atoms with Gasteiger partial charge in [-0.25, -0.2) is 13.4 Å². The average Bonchev–Trinajstić information content (AvgIpc) is 2.73. The van der Waals surface area contributed by atoms with E-state index in [-0.39, 0.29) is 17.0 Å². The zero-order chi connectivity index (χ0) is 22.6. The molecule has 0 aromatic heterocycles. The van der Waals surface area contributed by atoms with Crippen molar-refractivity contribution in [3.63, 3.8) is 0 Å². The molecular formula is C21H25N3O5S2. The molecule has 0 bridgehead atoms. The van der Waals surface area contributed by atoms with Gasteiger partial charge in [0, 0.05) is 11.3 Å². The Bertz CT molecular complexity index is 1100. The van der Waals surface area contributed by atoms with Crippen LogP contribution in [0.4, 0.5) is 10.5 Å². The quantitative estimate of drug-likeness (QED) is 0.637. The first-order valence-electron chi connectivity index (χ1n) is 9.59. The molecule has 1 amide bonds. The molecule has 1 unspecified atom stereocenters. The highest BCUT2D eigenvalue weighted by Gasteiger charge is 2.30. The van der Waals surface area contributed by atoms with Crippen LogP contribution in [-0.2, 0) is 16.6 Å². The molecule has 1 N–H and O–H groups in total. The van der Waals surface area contributed by atoms with Gasteiger partial charge in [-0.2, -0.15) is 5.10 Å². The van der Waals surface area contributed by atoms with Crippen LogP contribution in [0.25, 0.3) is 0 Å². The van der Waals surface area contributed by atoms with Gasteiger partial charge >= 0.3 is 5.24 Å². The smallest absolute Gasteiger partial charge is 0.302 e. The molecule has 0 spiro atoms. The molecule has 2 aromatic carbocycles. The van der Waals surface area contributed by atoms with Crippen molar-refractivity contribution >= 4 is 38.4 Å². The van der Waals surface area contributed by atoms with Crippen LogP contribution in [0.1, 0.15) is 24.5 Å². The van der Waals surface area contributed by atoms with Gasteiger partial charge in [0.1, 0.15) is 0 Å². The first-order chi connectivity index (χ1) is 14.7. The fourth-order valence-electron chi connectivity index (χ4n) is 3.21. The molecule has 1 aliphatic heterocycles. The number of anilines is 1. The molecule has 0 radical (unpaired) electrons. The Morgan fingerprint density at radius 3 is 2.52 bits per heavy atom. The van der Waals surface area contributed by atoms with Crippen molar-refractivity contribution in [1.82, 2.24) is 5.01 Å². The summed E-state index contributed by atoms with van der Waals surface area (Å²) in [6.07, 6.45) is 1.83. The number of methoxy groups -OCH3 is 2. The summed E-state index contributed by atoms with van der Waals surface area (Å²) in [7, 11) is -0.240. The van der Waals surface area contributed by atoms with Crippen LogP contribution < -0.4 is 14.2 Å². The van der Waals surface area contributed by atoms with Crippen molar-refractivity contribution in [1.29, 1.82) is 0 Å². The van der Waals surface area contributed by atoms with Gasteiger partial charge in [-0.15, -0.1) is 0 Å². The molecule has 31 heavy (non-hydrogen) atoms. The Labute approximate surface area is 186 Å². The molecule has 0 saturated carbocycles. The number of carbonyl (C=O) groups excluding carboxylic acids is 1. The van der Waals surface area contributed by atoms with Crippen molar-refractivity contribution < 1.29 is 22.7 Å². The van der Waals surface area contributed by atoms with E-state index in [4.69, 9.17) is 9.47 Å². The number of hydrogen-bond acceptors (Lipinski definition) is 7. The Kier molecular flexibility index (Phi) is 7.11. The van der Waals surface area contributed by atoms with Crippen molar-refractivity contribution in [2.24, 2.45) is 5.10 Å². The monoisotopic (exact) mass is 463 g/mol. The van der Waals surface area contributed by atoms with Crippen molar-refractivity contribution in [2.75, 3.05) is 25.2 Å². The number of thioether (sulfide) groups is 1. The first-order valence-corrected chi connectivity index (χ1v) is 12.4. The van der Waals surface area contributed by atoms with E-state index in [9.17, 15) is 13.2 Å². The summed E-state index contributed by atoms with van der Waals surface area (Å²) in [6.45, 7) is 2.23. The lowest BCUT2D eigenvalue weighted by Crippen LogP contribution is -2.34. The van der Waals surface area contributed by atoms with E-state index in [0.717, 1.165) is 29.5 Å². The second-order valence-corrected chi connectivity index (χ2v) is 9.87. The van der Waals surface area contributed by atoms with Crippen LogP contribution in [0.3, 0.4) is 0 Å². The summed E-state index contributed by atoms with van der Waals surface area (Å²) < 4.78 is 36.2. The maximum atomic E-state index is 12.7. The minimum absolute atomic E-state index is 0.0833. The third kappa shape index (κ3) is 5.71. The lowest BCUT2D eigenvalue weighted by Gasteiger charge is -2.28. The maximum Gasteiger partial charge on any atom is 0.302 e. The molecular weight excluding hydrogens is 438 g/mol. The highest BCUT2D eigenvalue weighted by atomic mass is 32.2. The second kappa shape index (κ2) is 9.61. The summed E-state index contributed by atoms with van der Waals surface area (Å²) >= 11 is 1.23. The number of nitrogens with one attached hydrogen (secondary N) is 1. The van der Waals surface area contributed by atoms with Gasteiger partial charge in [0.15, 0.2) is 11.5 Å². The molecule has 0 fully saturated rings. The summed E-state index contributed by atoms with van der Waals surface area (Å²) in [6, 6.07) is 12.5. The van der Waals surface area contributed by atoms with Gasteiger partial charge in [0.05, 0.1) is 38.0 Å². The number of nitrogens with zero attached hydrogens (tertiary/aromatic N) is 2. The predicted octanol–water partition coefficient (Wildman–Crippen LogP) is 3.93. The number of sulfonamides is 1. The Balaban J connectivity index is 1.93. The highest BCUT2D eigenvalue weighted by Crippen LogP contribution is 2.33. The normalized spacial score (nSPS) is 16.6. The molecule has 1 atom stereocenters. The fourth-order valence-corrected chi connectivity index (χ4v) is 4.70. The third-order valence-corrected chi connectivity index (χ3v) is 6.46. The average molecular weight is 464 g/mol. The zero-order valence-electron chi connectivity index (χ0n) is 17.8. The number of rotatable bonds is 8. The van der Waals surface area contributed by atoms with Crippen LogP contribution in [0.5, 0.6) is 11.5 Å². The lowest BCUT2D eigenvalue weighted by atomic mass is 10.0. The maximum absolute atomic E-state index is 12.7. The number of amides is 1. The van der Waals surface area contributed by atoms with Crippen molar-refractivity contribution in [2.45, 2.75) is 25.1 Å². The fraction of sp³-hybridized carbons (Fsp3) is 0.333. The molecule has 0 saturated heterocycles. The summed E-state index contributed by atoms with van der Waals surface area (Å²) in [5.41, 5.74) is 2.82. The van der Waals surface area contributed by atoms with Gasteiger partial charge in [0.25, 0.3) is 0 Å². The van der Waals surface area contributed by atoms with E-state index < -0.39 is 10.0 Å². The van der Waals surface area contributed by atoms with Gasteiger partial charge < -0.3 is 9.47 Å². The second-order valence-electron chi connectivity index (χ2n) is 6.97. The van der Waals surface area contributed by atoms with Gasteiger partial charge in [-0.1, -0.05) is 30.8 Å². The van der Waals surface area contributed by atoms with Crippen LogP contribution >= 0.6 is 11.8 Å². The highest BCUT2D eigenvalue weighted by molar-refractivity contribution is 8.14. The standard InChI is InChI=1S/C21H25N3O5S2/c1-5-19-20(15-9-10-17(28-2)18(12-15)29-3)22-24(21(25)30-19)13-14-7-6-8-16(11-14)23-31(4,26)27/h6-12,19,23H,5,13H2,1-4H3. The summed E-state index contributed by atoms with van der Waals surface area (Å²) in [5.74, 6) is 1.21. The van der Waals surface area contributed by atoms with Crippen molar-refractivity contribution in [3.05, 3.63) is 53.6 Å². The van der Waals surface area contributed by atoms with Crippen LogP contribution in [0, 0.1) is 0 Å². The van der Waals surface area contributed by atoms with Gasteiger partial charge in [-0.05, 0) is 42.3 Å². The van der Waals surface area contributed by atoms with Gasteiger partial charge in [0.2, 0.25) is 10.0 Å². The predicted molar refractivity (Wildman–Crippen MR) is 124 cm³/mol. The molecule has 1 heterocycles. The zero-order valence-corrected chi connectivity index (χ0v) is 19.4. The number of hydrazone groups is 1. The summed E-state index contributed by atoms with van der Waals surface area (Å²) in [5, 5.41) is 5.83. The molecule has 2 aromatic rings. The molecule has 8 nitrogen and oxygen atoms in total. The van der Waals surface area contributed by atoms with E-state index >= 15 is 0 Å². The molecule has 1 aliphatic rings. The lowest BCUT2D eigenvalue weighted by molar-refractivity contribution is 0.222. The van der Waals surface area contributed by atoms with E-state index in [1.54, 1.807) is 32.4 Å². The molecule has 10 heteroatoms. The van der Waals surface area contributed by atoms with Crippen LogP contribution in [-0.4, -0.2) is 50.1 Å². The Morgan fingerprint density at radius 2 is 1.87 bits per heavy atom. The number of benzene rings is 2. The largest absolute Gasteiger partial charge is 0.493 e. The van der Waals surface area contributed by atoms with E-state index in [2.05, 4.69) is 9.82 Å². The Hall–Kier alpha value is -2.72. The third-order valence-electron chi connectivity index (χ3n) is 4.60. The van der Waals surface area contributed by atoms with E-state index in [1.807, 2.05) is 31.2 Å². The number of hydrogen-bond donors (Lipinski definition) is 1. The summed E-state index contributed by atoms with van der Waals surface area (Å²) in [4.78, 5) is 12.7. The van der Waals surface area contributed by atoms with Crippen LogP contribution in [0.2, 0.25) is 0 Å².